The largest absolute Gasteiger partial charge is 0.366 e. The summed E-state index contributed by atoms with van der Waals surface area (Å²) in [5, 5.41) is 0. The molecule has 0 aliphatic carbocycles. The first-order chi connectivity index (χ1) is 9.45. The third-order valence-electron chi connectivity index (χ3n) is 4.78. The number of hydrogen-bond donors (Lipinski definition) is 0. The SMILES string of the molecule is CCCCCCN1c2cc(C)ccc2C(C)CC1(C)C. The van der Waals surface area contributed by atoms with Gasteiger partial charge in [-0.15, -0.1) is 0 Å². The average Bonchev–Trinajstić information content (AvgIpc) is 2.36. The van der Waals surface area contributed by atoms with Gasteiger partial charge >= 0.3 is 0 Å². The van der Waals surface area contributed by atoms with Crippen LogP contribution in [0.5, 0.6) is 0 Å². The second kappa shape index (κ2) is 6.20. The average molecular weight is 273 g/mol. The molecule has 1 atom stereocenters. The number of hydrogen-bond acceptors (Lipinski definition) is 1. The maximum absolute atomic E-state index is 2.67. The zero-order valence-electron chi connectivity index (χ0n) is 14.0. The molecule has 0 saturated heterocycles. The maximum Gasteiger partial charge on any atom is 0.0408 e. The van der Waals surface area contributed by atoms with E-state index < -0.39 is 0 Å². The summed E-state index contributed by atoms with van der Waals surface area (Å²) in [6.07, 6.45) is 6.62. The van der Waals surface area contributed by atoms with Crippen molar-refractivity contribution in [1.82, 2.24) is 0 Å². The van der Waals surface area contributed by atoms with E-state index in [0.29, 0.717) is 5.92 Å². The van der Waals surface area contributed by atoms with Gasteiger partial charge in [0.05, 0.1) is 0 Å². The van der Waals surface area contributed by atoms with Gasteiger partial charge < -0.3 is 4.90 Å². The molecule has 0 saturated carbocycles. The molecule has 1 aliphatic heterocycles. The van der Waals surface area contributed by atoms with Gasteiger partial charge in [0.1, 0.15) is 0 Å². The van der Waals surface area contributed by atoms with Crippen LogP contribution in [0, 0.1) is 6.92 Å². The minimum absolute atomic E-state index is 0.284. The molecule has 0 spiro atoms. The Labute approximate surface area is 125 Å². The Balaban J connectivity index is 2.23. The van der Waals surface area contributed by atoms with Gasteiger partial charge in [-0.05, 0) is 56.7 Å². The van der Waals surface area contributed by atoms with Crippen molar-refractivity contribution in [3.05, 3.63) is 29.3 Å². The lowest BCUT2D eigenvalue weighted by Gasteiger charge is -2.48. The smallest absolute Gasteiger partial charge is 0.0408 e. The molecule has 1 aliphatic rings. The fourth-order valence-corrected chi connectivity index (χ4v) is 3.72. The predicted octanol–water partition coefficient (Wildman–Crippen LogP) is 5.67. The minimum atomic E-state index is 0.284. The minimum Gasteiger partial charge on any atom is -0.366 e. The highest BCUT2D eigenvalue weighted by Gasteiger charge is 2.35. The van der Waals surface area contributed by atoms with E-state index in [1.54, 1.807) is 5.56 Å². The van der Waals surface area contributed by atoms with Crippen molar-refractivity contribution in [2.24, 2.45) is 0 Å². The molecule has 1 heteroatoms. The van der Waals surface area contributed by atoms with Gasteiger partial charge in [0, 0.05) is 17.8 Å². The Morgan fingerprint density at radius 3 is 2.65 bits per heavy atom. The molecule has 1 aromatic carbocycles. The van der Waals surface area contributed by atoms with E-state index >= 15 is 0 Å². The third kappa shape index (κ3) is 3.19. The lowest BCUT2D eigenvalue weighted by Crippen LogP contribution is -2.48. The Morgan fingerprint density at radius 1 is 1.20 bits per heavy atom. The number of unbranched alkanes of at least 4 members (excludes halogenated alkanes) is 3. The van der Waals surface area contributed by atoms with E-state index in [9.17, 15) is 0 Å². The first kappa shape index (κ1) is 15.4. The molecule has 0 amide bonds. The summed E-state index contributed by atoms with van der Waals surface area (Å²) >= 11 is 0. The lowest BCUT2D eigenvalue weighted by atomic mass is 9.79. The summed E-state index contributed by atoms with van der Waals surface area (Å²) in [7, 11) is 0. The summed E-state index contributed by atoms with van der Waals surface area (Å²) in [5.41, 5.74) is 4.70. The van der Waals surface area contributed by atoms with Crippen molar-refractivity contribution in [2.45, 2.75) is 78.2 Å². The molecule has 0 fully saturated rings. The van der Waals surface area contributed by atoms with Crippen molar-refractivity contribution in [3.8, 4) is 0 Å². The van der Waals surface area contributed by atoms with Crippen molar-refractivity contribution in [2.75, 3.05) is 11.4 Å². The number of benzene rings is 1. The summed E-state index contributed by atoms with van der Waals surface area (Å²) < 4.78 is 0. The van der Waals surface area contributed by atoms with Crippen LogP contribution in [0.1, 0.15) is 76.8 Å². The van der Waals surface area contributed by atoms with Crippen molar-refractivity contribution < 1.29 is 0 Å². The quantitative estimate of drug-likeness (QED) is 0.625. The molecule has 1 aromatic rings. The van der Waals surface area contributed by atoms with E-state index in [1.807, 2.05) is 0 Å². The molecule has 1 unspecified atom stereocenters. The van der Waals surface area contributed by atoms with Gasteiger partial charge in [0.25, 0.3) is 0 Å². The van der Waals surface area contributed by atoms with Crippen LogP contribution < -0.4 is 4.90 Å². The maximum atomic E-state index is 2.67. The molecule has 1 nitrogen and oxygen atoms in total. The van der Waals surface area contributed by atoms with Gasteiger partial charge in [-0.3, -0.25) is 0 Å². The summed E-state index contributed by atoms with van der Waals surface area (Å²) in [6, 6.07) is 7.01. The first-order valence-corrected chi connectivity index (χ1v) is 8.34. The topological polar surface area (TPSA) is 3.24 Å². The summed E-state index contributed by atoms with van der Waals surface area (Å²) in [6.45, 7) is 12.9. The summed E-state index contributed by atoms with van der Waals surface area (Å²) in [5.74, 6) is 0.674. The Morgan fingerprint density at radius 2 is 1.95 bits per heavy atom. The van der Waals surface area contributed by atoms with Gasteiger partial charge in [-0.1, -0.05) is 45.2 Å². The highest BCUT2D eigenvalue weighted by atomic mass is 15.2. The molecular formula is C19H31N. The molecule has 0 bridgehead atoms. The molecule has 2 rings (SSSR count). The van der Waals surface area contributed by atoms with Gasteiger partial charge in [-0.2, -0.15) is 0 Å². The predicted molar refractivity (Wildman–Crippen MR) is 89.8 cm³/mol. The second-order valence-electron chi connectivity index (χ2n) is 7.19. The van der Waals surface area contributed by atoms with E-state index in [1.165, 1.54) is 49.9 Å². The Hall–Kier alpha value is -0.980. The molecular weight excluding hydrogens is 242 g/mol. The van der Waals surface area contributed by atoms with Crippen LogP contribution >= 0.6 is 0 Å². The monoisotopic (exact) mass is 273 g/mol. The van der Waals surface area contributed by atoms with E-state index in [0.717, 1.165) is 0 Å². The fraction of sp³-hybridized carbons (Fsp3) is 0.684. The number of rotatable bonds is 5. The normalized spacial score (nSPS) is 20.9. The summed E-state index contributed by atoms with van der Waals surface area (Å²) in [4.78, 5) is 2.67. The standard InChI is InChI=1S/C19H31N/c1-6-7-8-9-12-20-18-13-15(2)10-11-17(18)16(3)14-19(20,4)5/h10-11,13,16H,6-9,12,14H2,1-5H3. The van der Waals surface area contributed by atoms with Gasteiger partial charge in [0.15, 0.2) is 0 Å². The number of nitrogens with zero attached hydrogens (tertiary/aromatic N) is 1. The van der Waals surface area contributed by atoms with E-state index in [-0.39, 0.29) is 5.54 Å². The molecule has 1 heterocycles. The van der Waals surface area contributed by atoms with Crippen LogP contribution in [0.2, 0.25) is 0 Å². The molecule has 0 radical (unpaired) electrons. The second-order valence-corrected chi connectivity index (χ2v) is 7.19. The molecule has 0 aromatic heterocycles. The van der Waals surface area contributed by atoms with Crippen LogP contribution in [-0.2, 0) is 0 Å². The number of anilines is 1. The van der Waals surface area contributed by atoms with E-state index in [2.05, 4.69) is 57.7 Å². The Kier molecular flexibility index (Phi) is 4.78. The first-order valence-electron chi connectivity index (χ1n) is 8.34. The zero-order valence-corrected chi connectivity index (χ0v) is 14.0. The van der Waals surface area contributed by atoms with Gasteiger partial charge in [-0.25, -0.2) is 0 Å². The van der Waals surface area contributed by atoms with Crippen LogP contribution in [0.15, 0.2) is 18.2 Å². The third-order valence-corrected chi connectivity index (χ3v) is 4.78. The van der Waals surface area contributed by atoms with Crippen LogP contribution in [0.25, 0.3) is 0 Å². The Bertz CT molecular complexity index is 447. The van der Waals surface area contributed by atoms with E-state index in [4.69, 9.17) is 0 Å². The van der Waals surface area contributed by atoms with Crippen LogP contribution in [-0.4, -0.2) is 12.1 Å². The zero-order chi connectivity index (χ0) is 14.8. The van der Waals surface area contributed by atoms with Crippen LogP contribution in [0.3, 0.4) is 0 Å². The highest BCUT2D eigenvalue weighted by Crippen LogP contribution is 2.43. The number of fused-ring (bicyclic) bond motifs is 1. The fourth-order valence-electron chi connectivity index (χ4n) is 3.72. The van der Waals surface area contributed by atoms with Crippen molar-refractivity contribution in [1.29, 1.82) is 0 Å². The number of aryl methyl sites for hydroxylation is 1. The highest BCUT2D eigenvalue weighted by molar-refractivity contribution is 5.60. The molecule has 0 N–H and O–H groups in total. The van der Waals surface area contributed by atoms with Crippen LogP contribution in [0.4, 0.5) is 5.69 Å². The molecule has 112 valence electrons. The van der Waals surface area contributed by atoms with Crippen molar-refractivity contribution >= 4 is 5.69 Å². The molecule has 20 heavy (non-hydrogen) atoms. The lowest BCUT2D eigenvalue weighted by molar-refractivity contribution is 0.372. The van der Waals surface area contributed by atoms with Crippen molar-refractivity contribution in [3.63, 3.8) is 0 Å². The van der Waals surface area contributed by atoms with Gasteiger partial charge in [0.2, 0.25) is 0 Å².